The minimum absolute atomic E-state index is 0.0261. The van der Waals surface area contributed by atoms with Crippen LogP contribution in [0, 0.1) is 0 Å². The summed E-state index contributed by atoms with van der Waals surface area (Å²) < 4.78 is 3.41. The lowest BCUT2D eigenvalue weighted by Gasteiger charge is -2.36. The second-order valence-electron chi connectivity index (χ2n) is 9.50. The lowest BCUT2D eigenvalue weighted by molar-refractivity contribution is 0.0984. The van der Waals surface area contributed by atoms with Crippen LogP contribution in [0.5, 0.6) is 5.75 Å². The number of aromatic hydroxyl groups is 1. The summed E-state index contributed by atoms with van der Waals surface area (Å²) in [7, 11) is 0. The van der Waals surface area contributed by atoms with Gasteiger partial charge in [-0.05, 0) is 30.3 Å². The molecule has 1 aliphatic heterocycles. The average molecular weight is 525 g/mol. The Morgan fingerprint density at radius 3 is 2.44 bits per heavy atom. The van der Waals surface area contributed by atoms with E-state index >= 15 is 0 Å². The molecule has 3 aromatic heterocycles. The topological polar surface area (TPSA) is 125 Å². The predicted molar refractivity (Wildman–Crippen MR) is 149 cm³/mol. The zero-order valence-electron chi connectivity index (χ0n) is 21.5. The number of carbonyl (C=O) groups is 1. The molecule has 1 fully saturated rings. The van der Waals surface area contributed by atoms with Crippen molar-refractivity contribution in [2.24, 2.45) is 0 Å². The number of para-hydroxylation sites is 1. The number of phenolic OH excluding ortho intramolecular Hbond substituents is 1. The highest BCUT2D eigenvalue weighted by Gasteiger charge is 2.25. The number of allylic oxidation sites excluding steroid dienone is 1. The minimum atomic E-state index is -0.0573. The molecule has 39 heavy (non-hydrogen) atoms. The Bertz CT molecular complexity index is 1700. The maximum absolute atomic E-state index is 12.8. The van der Waals surface area contributed by atoms with E-state index in [0.29, 0.717) is 48.1 Å². The van der Waals surface area contributed by atoms with E-state index in [-0.39, 0.29) is 23.8 Å². The number of phenols is 1. The normalized spacial score (nSPS) is 13.9. The van der Waals surface area contributed by atoms with Gasteiger partial charge in [0.15, 0.2) is 17.2 Å². The van der Waals surface area contributed by atoms with Crippen LogP contribution in [0.15, 0.2) is 67.2 Å². The molecular weight excluding hydrogens is 496 g/mol. The predicted octanol–water partition coefficient (Wildman–Crippen LogP) is 3.86. The molecule has 0 atom stereocenters. The number of nitrogens with zero attached hydrogens (tertiary/aromatic N) is 8. The van der Waals surface area contributed by atoms with E-state index in [0.717, 1.165) is 29.7 Å². The maximum Gasteiger partial charge on any atom is 0.229 e. The van der Waals surface area contributed by atoms with Crippen LogP contribution in [0.4, 0.5) is 11.6 Å². The molecular formula is C28H28N8O3. The van der Waals surface area contributed by atoms with Crippen molar-refractivity contribution in [3.63, 3.8) is 0 Å². The highest BCUT2D eigenvalue weighted by Crippen LogP contribution is 2.29. The number of Topliss-reactive ketones (excluding diaryl/α,β-unsaturated/α-hetero) is 1. The maximum atomic E-state index is 12.8. The molecule has 198 valence electrons. The summed E-state index contributed by atoms with van der Waals surface area (Å²) >= 11 is 0. The molecule has 0 bridgehead atoms. The number of carbonyl (C=O) groups excluding carboxylic acids is 1. The summed E-state index contributed by atoms with van der Waals surface area (Å²) in [5, 5.41) is 25.0. The summed E-state index contributed by atoms with van der Waals surface area (Å²) in [6.07, 6.45) is 1.93. The number of imidazole rings is 1. The third-order valence-electron chi connectivity index (χ3n) is 6.95. The fraction of sp³-hybridized carbons (Fsp3) is 0.250. The monoisotopic (exact) mass is 524 g/mol. The van der Waals surface area contributed by atoms with Crippen LogP contribution in [-0.2, 0) is 6.54 Å². The lowest BCUT2D eigenvalue weighted by Crippen LogP contribution is -2.47. The number of hydrogen-bond donors (Lipinski definition) is 2. The Morgan fingerprint density at radius 1 is 1.00 bits per heavy atom. The van der Waals surface area contributed by atoms with Gasteiger partial charge in [-0.25, -0.2) is 9.67 Å². The van der Waals surface area contributed by atoms with Gasteiger partial charge in [-0.1, -0.05) is 31.7 Å². The Morgan fingerprint density at radius 2 is 1.72 bits per heavy atom. The van der Waals surface area contributed by atoms with Crippen LogP contribution in [0.2, 0.25) is 0 Å². The highest BCUT2D eigenvalue weighted by atomic mass is 16.3. The van der Waals surface area contributed by atoms with Gasteiger partial charge in [-0.15, -0.1) is 0 Å². The molecule has 2 aromatic carbocycles. The van der Waals surface area contributed by atoms with Gasteiger partial charge in [0.25, 0.3) is 0 Å². The van der Waals surface area contributed by atoms with E-state index in [9.17, 15) is 15.0 Å². The zero-order chi connectivity index (χ0) is 27.1. The fourth-order valence-corrected chi connectivity index (χ4v) is 4.98. The third-order valence-corrected chi connectivity index (χ3v) is 6.95. The second-order valence-corrected chi connectivity index (χ2v) is 9.50. The van der Waals surface area contributed by atoms with E-state index in [4.69, 9.17) is 15.1 Å². The Balaban J connectivity index is 1.44. The van der Waals surface area contributed by atoms with Crippen LogP contribution in [0.1, 0.15) is 23.8 Å². The van der Waals surface area contributed by atoms with E-state index in [2.05, 4.69) is 21.4 Å². The number of benzene rings is 2. The average Bonchev–Trinajstić information content (AvgIpc) is 3.54. The van der Waals surface area contributed by atoms with Gasteiger partial charge in [-0.2, -0.15) is 15.1 Å². The van der Waals surface area contributed by atoms with Gasteiger partial charge in [-0.3, -0.25) is 4.79 Å². The number of piperazine rings is 1. The van der Waals surface area contributed by atoms with Crippen LogP contribution >= 0.6 is 0 Å². The minimum Gasteiger partial charge on any atom is -0.511 e. The number of aliphatic hydroxyl groups excluding tert-OH is 1. The van der Waals surface area contributed by atoms with Gasteiger partial charge >= 0.3 is 0 Å². The molecule has 11 nitrogen and oxygen atoms in total. The summed E-state index contributed by atoms with van der Waals surface area (Å²) in [6.45, 7) is 8.43. The number of aromatic nitrogens is 6. The first-order valence-corrected chi connectivity index (χ1v) is 12.8. The molecule has 6 rings (SSSR count). The first-order valence-electron chi connectivity index (χ1n) is 12.8. The van der Waals surface area contributed by atoms with Crippen LogP contribution in [0.3, 0.4) is 0 Å². The van der Waals surface area contributed by atoms with Crippen molar-refractivity contribution in [3.8, 4) is 11.6 Å². The number of fused-ring (bicyclic) bond motifs is 2. The summed E-state index contributed by atoms with van der Waals surface area (Å²) in [4.78, 5) is 31.4. The van der Waals surface area contributed by atoms with E-state index in [1.54, 1.807) is 27.7 Å². The van der Waals surface area contributed by atoms with Crippen molar-refractivity contribution in [1.29, 1.82) is 0 Å². The van der Waals surface area contributed by atoms with Gasteiger partial charge in [0, 0.05) is 43.7 Å². The van der Waals surface area contributed by atoms with Gasteiger partial charge in [0.1, 0.15) is 22.7 Å². The number of anilines is 2. The molecule has 5 aromatic rings. The van der Waals surface area contributed by atoms with Crippen molar-refractivity contribution in [1.82, 2.24) is 29.3 Å². The third kappa shape index (κ3) is 4.41. The smallest absolute Gasteiger partial charge is 0.229 e. The fourth-order valence-electron chi connectivity index (χ4n) is 4.98. The summed E-state index contributed by atoms with van der Waals surface area (Å²) in [5.41, 5.74) is 3.22. The van der Waals surface area contributed by atoms with Crippen molar-refractivity contribution in [2.45, 2.75) is 19.9 Å². The van der Waals surface area contributed by atoms with Crippen molar-refractivity contribution in [3.05, 3.63) is 72.9 Å². The van der Waals surface area contributed by atoms with Gasteiger partial charge in [0.2, 0.25) is 5.95 Å². The molecule has 1 aliphatic rings. The standard InChI is InChI=1S/C28H28N8O3/c1-3-23(39)24-21-6-4-5-7-22(21)36(32-24)27-25-26(29-17-35(25)16-18(2)37)30-28(31-27)34-14-12-33(13-15-34)19-8-10-20(38)11-9-19/h4-11,17,37-38H,2-3,12-16H2,1H3. The molecule has 4 heterocycles. The van der Waals surface area contributed by atoms with Crippen molar-refractivity contribution in [2.75, 3.05) is 36.0 Å². The number of hydrogen-bond acceptors (Lipinski definition) is 9. The van der Waals surface area contributed by atoms with Crippen LogP contribution in [0.25, 0.3) is 27.9 Å². The number of aliphatic hydroxyl groups is 1. The number of rotatable bonds is 7. The van der Waals surface area contributed by atoms with Gasteiger partial charge < -0.3 is 24.6 Å². The first-order chi connectivity index (χ1) is 18.9. The molecule has 1 saturated heterocycles. The SMILES string of the molecule is C=C(O)Cn1cnc2nc(N3CCN(c4ccc(O)cc4)CC3)nc(-n3nc(C(=O)CC)c4ccccc43)c21. The first kappa shape index (κ1) is 24.4. The van der Waals surface area contributed by atoms with Crippen molar-refractivity contribution >= 4 is 39.5 Å². The molecule has 0 spiro atoms. The van der Waals surface area contributed by atoms with E-state index in [1.807, 2.05) is 43.3 Å². The Labute approximate surface area is 224 Å². The van der Waals surface area contributed by atoms with Gasteiger partial charge in [0.05, 0.1) is 18.4 Å². The molecule has 0 aliphatic carbocycles. The molecule has 2 N–H and O–H groups in total. The quantitative estimate of drug-likeness (QED) is 0.241. The van der Waals surface area contributed by atoms with Crippen LogP contribution in [-0.4, -0.2) is 71.5 Å². The zero-order valence-corrected chi connectivity index (χ0v) is 21.5. The Kier molecular flexibility index (Phi) is 6.10. The lowest BCUT2D eigenvalue weighted by atomic mass is 10.1. The Hall–Kier alpha value is -4.93. The number of ketones is 1. The van der Waals surface area contributed by atoms with Crippen LogP contribution < -0.4 is 9.80 Å². The van der Waals surface area contributed by atoms with E-state index in [1.165, 1.54) is 0 Å². The molecule has 11 heteroatoms. The molecule has 0 amide bonds. The van der Waals surface area contributed by atoms with Crippen molar-refractivity contribution < 1.29 is 15.0 Å². The summed E-state index contributed by atoms with van der Waals surface area (Å²) in [6, 6.07) is 14.8. The largest absolute Gasteiger partial charge is 0.511 e. The molecule has 0 radical (unpaired) electrons. The van der Waals surface area contributed by atoms with E-state index < -0.39 is 0 Å². The highest BCUT2D eigenvalue weighted by molar-refractivity contribution is 6.06. The molecule has 0 saturated carbocycles. The molecule has 0 unspecified atom stereocenters. The summed E-state index contributed by atoms with van der Waals surface area (Å²) in [5.74, 6) is 1.14. The second kappa shape index (κ2) is 9.75.